The molecule has 0 aliphatic rings. The number of rotatable bonds is 4. The fraction of sp³-hybridized carbons (Fsp3) is 0.300. The van der Waals surface area contributed by atoms with E-state index < -0.39 is 10.2 Å². The molecule has 1 aromatic rings. The molecule has 0 spiro atoms. The summed E-state index contributed by atoms with van der Waals surface area (Å²) in [5, 5.41) is 10.5. The Kier molecular flexibility index (Phi) is 4.76. The van der Waals surface area contributed by atoms with Gasteiger partial charge in [-0.05, 0) is 17.7 Å². The molecule has 0 saturated carbocycles. The highest BCUT2D eigenvalue weighted by Crippen LogP contribution is 2.30. The first kappa shape index (κ1) is 13.0. The lowest BCUT2D eigenvalue weighted by molar-refractivity contribution is -0.479. The monoisotopic (exact) mass is 259 g/mol. The number of carbonyl (C=O) groups is 1. The minimum absolute atomic E-state index is 0.137. The quantitative estimate of drug-likeness (QED) is 0.616. The minimum Gasteiger partial charge on any atom is -0.288 e. The van der Waals surface area contributed by atoms with Crippen LogP contribution < -0.4 is 0 Å². The molecular formula is C10H10ClNO3S. The molecule has 1 rings (SSSR count). The van der Waals surface area contributed by atoms with Gasteiger partial charge in [0.1, 0.15) is 5.25 Å². The molecule has 16 heavy (non-hydrogen) atoms. The van der Waals surface area contributed by atoms with Crippen LogP contribution in [0, 0.1) is 10.1 Å². The Morgan fingerprint density at radius 3 is 2.50 bits per heavy atom. The third-order valence-corrected chi connectivity index (χ3v) is 3.15. The van der Waals surface area contributed by atoms with Crippen molar-refractivity contribution in [2.24, 2.45) is 0 Å². The van der Waals surface area contributed by atoms with Gasteiger partial charge in [-0.2, -0.15) is 0 Å². The highest BCUT2D eigenvalue weighted by molar-refractivity contribution is 8.13. The van der Waals surface area contributed by atoms with E-state index in [1.54, 1.807) is 24.3 Å². The zero-order valence-corrected chi connectivity index (χ0v) is 10.1. The third kappa shape index (κ3) is 4.20. The number of benzene rings is 1. The maximum absolute atomic E-state index is 11.0. The van der Waals surface area contributed by atoms with Crippen molar-refractivity contribution in [3.8, 4) is 0 Å². The second kappa shape index (κ2) is 5.86. The number of hydrogen-bond donors (Lipinski definition) is 0. The van der Waals surface area contributed by atoms with Crippen LogP contribution in [-0.2, 0) is 4.79 Å². The predicted molar refractivity (Wildman–Crippen MR) is 64.3 cm³/mol. The van der Waals surface area contributed by atoms with Crippen molar-refractivity contribution in [2.45, 2.75) is 12.2 Å². The molecular weight excluding hydrogens is 250 g/mol. The topological polar surface area (TPSA) is 60.2 Å². The largest absolute Gasteiger partial charge is 0.288 e. The number of nitrogens with zero attached hydrogens (tertiary/aromatic N) is 1. The van der Waals surface area contributed by atoms with Gasteiger partial charge in [0, 0.05) is 16.9 Å². The summed E-state index contributed by atoms with van der Waals surface area (Å²) in [5.41, 5.74) is 0.737. The first-order valence-corrected chi connectivity index (χ1v) is 5.79. The van der Waals surface area contributed by atoms with E-state index in [0.717, 1.165) is 17.3 Å². The summed E-state index contributed by atoms with van der Waals surface area (Å²) in [6.45, 7) is 1.12. The second-order valence-electron chi connectivity index (χ2n) is 3.16. The first-order valence-electron chi connectivity index (χ1n) is 4.53. The first-order chi connectivity index (χ1) is 7.49. The van der Waals surface area contributed by atoms with Crippen molar-refractivity contribution in [3.05, 3.63) is 45.0 Å². The summed E-state index contributed by atoms with van der Waals surface area (Å²) in [7, 11) is 0. The van der Waals surface area contributed by atoms with Gasteiger partial charge >= 0.3 is 0 Å². The summed E-state index contributed by atoms with van der Waals surface area (Å²) in [4.78, 5) is 21.1. The van der Waals surface area contributed by atoms with Gasteiger partial charge in [0.05, 0.1) is 0 Å². The molecule has 0 saturated heterocycles. The Morgan fingerprint density at radius 2 is 2.06 bits per heavy atom. The Morgan fingerprint density at radius 1 is 1.50 bits per heavy atom. The van der Waals surface area contributed by atoms with Gasteiger partial charge in [0.15, 0.2) is 5.12 Å². The van der Waals surface area contributed by atoms with Crippen LogP contribution in [0.1, 0.15) is 17.7 Å². The summed E-state index contributed by atoms with van der Waals surface area (Å²) in [5.74, 6) is 0. The van der Waals surface area contributed by atoms with E-state index in [9.17, 15) is 14.9 Å². The van der Waals surface area contributed by atoms with Crippen LogP contribution in [0.25, 0.3) is 0 Å². The Labute approximate surface area is 102 Å². The second-order valence-corrected chi connectivity index (χ2v) is 4.98. The molecule has 0 aliphatic carbocycles. The summed E-state index contributed by atoms with van der Waals surface area (Å²) in [6.07, 6.45) is 0. The van der Waals surface area contributed by atoms with E-state index in [2.05, 4.69) is 0 Å². The fourth-order valence-electron chi connectivity index (χ4n) is 1.22. The van der Waals surface area contributed by atoms with Crippen LogP contribution in [0.4, 0.5) is 0 Å². The molecule has 0 amide bonds. The Bertz CT molecular complexity index is 378. The van der Waals surface area contributed by atoms with Crippen LogP contribution in [0.3, 0.4) is 0 Å². The number of thioether (sulfide) groups is 1. The van der Waals surface area contributed by atoms with Crippen molar-refractivity contribution in [2.75, 3.05) is 6.54 Å². The molecule has 4 nitrogen and oxygen atoms in total. The SMILES string of the molecule is CC(=O)S[C@@H](C[N+](=O)[O-])c1ccc(Cl)cc1. The minimum atomic E-state index is -0.454. The predicted octanol–water partition coefficient (Wildman–Crippen LogP) is 2.94. The van der Waals surface area contributed by atoms with E-state index in [-0.39, 0.29) is 11.7 Å². The van der Waals surface area contributed by atoms with Crippen molar-refractivity contribution in [1.82, 2.24) is 0 Å². The molecule has 0 bridgehead atoms. The van der Waals surface area contributed by atoms with Gasteiger partial charge in [0.25, 0.3) is 0 Å². The lowest BCUT2D eigenvalue weighted by atomic mass is 10.1. The summed E-state index contributed by atoms with van der Waals surface area (Å²) >= 11 is 6.68. The molecule has 0 unspecified atom stereocenters. The van der Waals surface area contributed by atoms with Crippen LogP contribution in [0.15, 0.2) is 24.3 Å². The zero-order chi connectivity index (χ0) is 12.1. The lowest BCUT2D eigenvalue weighted by Gasteiger charge is -2.10. The number of halogens is 1. The normalized spacial score (nSPS) is 12.1. The van der Waals surface area contributed by atoms with Gasteiger partial charge in [0.2, 0.25) is 6.54 Å². The average Bonchev–Trinajstić information content (AvgIpc) is 2.16. The molecule has 1 atom stereocenters. The van der Waals surface area contributed by atoms with Gasteiger partial charge in [-0.1, -0.05) is 35.5 Å². The molecule has 0 heterocycles. The van der Waals surface area contributed by atoms with Gasteiger partial charge in [-0.15, -0.1) is 0 Å². The van der Waals surface area contributed by atoms with Crippen LogP contribution >= 0.6 is 23.4 Å². The fourth-order valence-corrected chi connectivity index (χ4v) is 2.24. The summed E-state index contributed by atoms with van der Waals surface area (Å²) in [6, 6.07) is 6.72. The third-order valence-electron chi connectivity index (χ3n) is 1.86. The lowest BCUT2D eigenvalue weighted by Crippen LogP contribution is -2.11. The molecule has 0 aromatic heterocycles. The standard InChI is InChI=1S/C10H10ClNO3S/c1-7(13)16-10(6-12(14)15)8-2-4-9(11)5-3-8/h2-5,10H,6H2,1H3/t10-/m0/s1. The van der Waals surface area contributed by atoms with Gasteiger partial charge in [-0.25, -0.2) is 0 Å². The molecule has 86 valence electrons. The molecule has 0 N–H and O–H groups in total. The number of hydrogen-bond acceptors (Lipinski definition) is 4. The van der Waals surface area contributed by atoms with E-state index >= 15 is 0 Å². The Balaban J connectivity index is 2.86. The average molecular weight is 260 g/mol. The smallest absolute Gasteiger partial charge is 0.220 e. The van der Waals surface area contributed by atoms with Crippen LogP contribution in [0.5, 0.6) is 0 Å². The molecule has 6 heteroatoms. The van der Waals surface area contributed by atoms with Crippen molar-refractivity contribution in [3.63, 3.8) is 0 Å². The van der Waals surface area contributed by atoms with Crippen molar-refractivity contribution in [1.29, 1.82) is 0 Å². The van der Waals surface area contributed by atoms with Crippen LogP contribution in [-0.4, -0.2) is 16.6 Å². The van der Waals surface area contributed by atoms with Gasteiger partial charge < -0.3 is 0 Å². The molecule has 1 aromatic carbocycles. The highest BCUT2D eigenvalue weighted by atomic mass is 35.5. The van der Waals surface area contributed by atoms with Gasteiger partial charge in [-0.3, -0.25) is 14.9 Å². The maximum atomic E-state index is 11.0. The molecule has 0 radical (unpaired) electrons. The van der Waals surface area contributed by atoms with Crippen molar-refractivity contribution < 1.29 is 9.72 Å². The Hall–Kier alpha value is -1.07. The van der Waals surface area contributed by atoms with Crippen molar-refractivity contribution >= 4 is 28.5 Å². The van der Waals surface area contributed by atoms with E-state index in [1.165, 1.54) is 6.92 Å². The van der Waals surface area contributed by atoms with Crippen LogP contribution in [0.2, 0.25) is 5.02 Å². The van der Waals surface area contributed by atoms with E-state index in [1.807, 2.05) is 0 Å². The number of nitro groups is 1. The molecule has 0 aliphatic heterocycles. The summed E-state index contributed by atoms with van der Waals surface area (Å²) < 4.78 is 0. The molecule has 0 fully saturated rings. The number of carbonyl (C=O) groups excluding carboxylic acids is 1. The zero-order valence-electron chi connectivity index (χ0n) is 8.55. The maximum Gasteiger partial charge on any atom is 0.220 e. The van der Waals surface area contributed by atoms with E-state index in [4.69, 9.17) is 11.6 Å². The highest BCUT2D eigenvalue weighted by Gasteiger charge is 2.20. The van der Waals surface area contributed by atoms with E-state index in [0.29, 0.717) is 5.02 Å².